The number of carbonyl (C=O) groups excluding carboxylic acids is 2. The number of ether oxygens (including phenoxy) is 2. The van der Waals surface area contributed by atoms with Crippen molar-refractivity contribution < 1.29 is 23.5 Å². The molecule has 0 fully saturated rings. The normalized spacial score (nSPS) is 10.6. The number of anilines is 1. The van der Waals surface area contributed by atoms with E-state index >= 15 is 0 Å². The van der Waals surface area contributed by atoms with E-state index in [1.54, 1.807) is 48.5 Å². The molecule has 3 rings (SSSR count). The monoisotopic (exact) mass is 489 g/mol. The van der Waals surface area contributed by atoms with Gasteiger partial charge in [0.1, 0.15) is 17.3 Å². The maximum Gasteiger partial charge on any atom is 0.277 e. The number of hydrogen-bond donors (Lipinski definition) is 2. The fourth-order valence-electron chi connectivity index (χ4n) is 2.52. The predicted molar refractivity (Wildman–Crippen MR) is 125 cm³/mol. The molecule has 2 amide bonds. The molecular weight excluding hydrogens is 472 g/mol. The number of nitrogens with zero attached hydrogens (tertiary/aromatic N) is 1. The van der Waals surface area contributed by atoms with Gasteiger partial charge in [0.25, 0.3) is 11.8 Å². The fourth-order valence-corrected chi connectivity index (χ4v) is 2.95. The molecule has 10 heteroatoms. The number of benzene rings is 3. The van der Waals surface area contributed by atoms with Gasteiger partial charge in [-0.2, -0.15) is 5.10 Å². The minimum atomic E-state index is -0.546. The number of halogens is 3. The summed E-state index contributed by atoms with van der Waals surface area (Å²) in [5, 5.41) is 6.99. The van der Waals surface area contributed by atoms with Crippen LogP contribution in [0, 0.1) is 5.82 Å². The third-order valence-electron chi connectivity index (χ3n) is 4.03. The zero-order chi connectivity index (χ0) is 23.6. The number of carbonyl (C=O) groups is 2. The molecule has 33 heavy (non-hydrogen) atoms. The van der Waals surface area contributed by atoms with Gasteiger partial charge in [-0.25, -0.2) is 9.82 Å². The molecule has 0 saturated heterocycles. The van der Waals surface area contributed by atoms with Crippen molar-refractivity contribution in [1.29, 1.82) is 0 Å². The van der Waals surface area contributed by atoms with Crippen LogP contribution in [0.25, 0.3) is 0 Å². The van der Waals surface area contributed by atoms with Gasteiger partial charge in [0.05, 0.1) is 16.9 Å². The van der Waals surface area contributed by atoms with Crippen LogP contribution in [0.2, 0.25) is 10.0 Å². The molecular formula is C23H18Cl2FN3O4. The molecule has 0 aliphatic rings. The lowest BCUT2D eigenvalue weighted by atomic mass is 10.2. The second kappa shape index (κ2) is 11.8. The van der Waals surface area contributed by atoms with Crippen LogP contribution in [0.4, 0.5) is 10.1 Å². The van der Waals surface area contributed by atoms with Gasteiger partial charge in [-0.3, -0.25) is 9.59 Å². The van der Waals surface area contributed by atoms with Gasteiger partial charge in [-0.15, -0.1) is 0 Å². The van der Waals surface area contributed by atoms with E-state index in [2.05, 4.69) is 15.8 Å². The highest BCUT2D eigenvalue weighted by molar-refractivity contribution is 6.32. The molecule has 7 nitrogen and oxygen atoms in total. The maximum absolute atomic E-state index is 13.6. The first-order valence-corrected chi connectivity index (χ1v) is 10.3. The van der Waals surface area contributed by atoms with Crippen LogP contribution < -0.4 is 20.2 Å². The Morgan fingerprint density at radius 2 is 1.73 bits per heavy atom. The summed E-state index contributed by atoms with van der Waals surface area (Å²) in [6.45, 7) is -0.593. The Hall–Kier alpha value is -3.62. The van der Waals surface area contributed by atoms with Crippen LogP contribution in [0.1, 0.15) is 5.56 Å². The predicted octanol–water partition coefficient (Wildman–Crippen LogP) is 4.68. The van der Waals surface area contributed by atoms with Gasteiger partial charge in [0.2, 0.25) is 0 Å². The standard InChI is InChI=1S/C23H18Cl2FN3O4/c24-16-4-3-5-17(11-16)32-14-23(31)29-27-12-15-8-9-21(18(25)10-15)33-13-22(30)28-20-7-2-1-6-19(20)26/h1-12H,13-14H2,(H,28,30)(H,29,31)/b27-12+. The average molecular weight is 490 g/mol. The topological polar surface area (TPSA) is 89.0 Å². The fraction of sp³-hybridized carbons (Fsp3) is 0.0870. The molecule has 3 aromatic carbocycles. The van der Waals surface area contributed by atoms with Crippen LogP contribution in [0.15, 0.2) is 71.8 Å². The summed E-state index contributed by atoms with van der Waals surface area (Å²) in [6.07, 6.45) is 1.39. The van der Waals surface area contributed by atoms with Gasteiger partial charge < -0.3 is 14.8 Å². The molecule has 0 radical (unpaired) electrons. The molecule has 0 bridgehead atoms. The number of amides is 2. The van der Waals surface area contributed by atoms with E-state index in [0.717, 1.165) is 0 Å². The Bertz CT molecular complexity index is 1170. The Kier molecular flexibility index (Phi) is 8.63. The molecule has 0 spiro atoms. The zero-order valence-electron chi connectivity index (χ0n) is 17.1. The Labute approximate surface area is 199 Å². The average Bonchev–Trinajstić information content (AvgIpc) is 2.79. The van der Waals surface area contributed by atoms with Crippen molar-refractivity contribution >= 4 is 46.9 Å². The highest BCUT2D eigenvalue weighted by Crippen LogP contribution is 2.25. The summed E-state index contributed by atoms with van der Waals surface area (Å²) in [5.74, 6) is -0.818. The minimum Gasteiger partial charge on any atom is -0.484 e. The van der Waals surface area contributed by atoms with E-state index in [1.165, 1.54) is 24.4 Å². The van der Waals surface area contributed by atoms with Crippen molar-refractivity contribution in [1.82, 2.24) is 5.43 Å². The Balaban J connectivity index is 1.45. The smallest absolute Gasteiger partial charge is 0.277 e. The van der Waals surface area contributed by atoms with Crippen molar-refractivity contribution in [2.24, 2.45) is 5.10 Å². The molecule has 0 aliphatic heterocycles. The van der Waals surface area contributed by atoms with Gasteiger partial charge in [0.15, 0.2) is 13.2 Å². The van der Waals surface area contributed by atoms with Gasteiger partial charge in [0, 0.05) is 5.02 Å². The number of nitrogens with one attached hydrogen (secondary N) is 2. The van der Waals surface area contributed by atoms with Crippen LogP contribution >= 0.6 is 23.2 Å². The van der Waals surface area contributed by atoms with Crippen molar-refractivity contribution in [2.75, 3.05) is 18.5 Å². The number of para-hydroxylation sites is 1. The third kappa shape index (κ3) is 7.78. The molecule has 0 heterocycles. The molecule has 170 valence electrons. The second-order valence-electron chi connectivity index (χ2n) is 6.55. The van der Waals surface area contributed by atoms with Crippen molar-refractivity contribution in [2.45, 2.75) is 0 Å². The molecule has 3 aromatic rings. The van der Waals surface area contributed by atoms with Crippen molar-refractivity contribution in [3.63, 3.8) is 0 Å². The zero-order valence-corrected chi connectivity index (χ0v) is 18.6. The minimum absolute atomic E-state index is 0.0590. The summed E-state index contributed by atoms with van der Waals surface area (Å²) >= 11 is 12.0. The van der Waals surface area contributed by atoms with Gasteiger partial charge >= 0.3 is 0 Å². The van der Waals surface area contributed by atoms with E-state index in [1.807, 2.05) is 0 Å². The maximum atomic E-state index is 13.6. The molecule has 0 saturated carbocycles. The molecule has 0 unspecified atom stereocenters. The number of hydrogen-bond acceptors (Lipinski definition) is 5. The van der Waals surface area contributed by atoms with Crippen molar-refractivity contribution in [3.8, 4) is 11.5 Å². The van der Waals surface area contributed by atoms with Gasteiger partial charge in [-0.1, -0.05) is 41.4 Å². The summed E-state index contributed by atoms with van der Waals surface area (Å²) in [7, 11) is 0. The highest BCUT2D eigenvalue weighted by atomic mass is 35.5. The lowest BCUT2D eigenvalue weighted by molar-refractivity contribution is -0.123. The third-order valence-corrected chi connectivity index (χ3v) is 4.56. The summed E-state index contributed by atoms with van der Waals surface area (Å²) < 4.78 is 24.3. The molecule has 0 aliphatic carbocycles. The lowest BCUT2D eigenvalue weighted by Crippen LogP contribution is -2.24. The van der Waals surface area contributed by atoms with E-state index in [0.29, 0.717) is 16.3 Å². The SMILES string of the molecule is O=C(COc1cccc(Cl)c1)N/N=C/c1ccc(OCC(=O)Nc2ccccc2F)c(Cl)c1. The molecule has 0 aromatic heterocycles. The van der Waals surface area contributed by atoms with E-state index < -0.39 is 17.6 Å². The van der Waals surface area contributed by atoms with Crippen LogP contribution in [0.5, 0.6) is 11.5 Å². The largest absolute Gasteiger partial charge is 0.484 e. The van der Waals surface area contributed by atoms with Crippen LogP contribution in [-0.2, 0) is 9.59 Å². The number of hydrazone groups is 1. The summed E-state index contributed by atoms with van der Waals surface area (Å²) in [4.78, 5) is 23.8. The van der Waals surface area contributed by atoms with Crippen LogP contribution in [0.3, 0.4) is 0 Å². The lowest BCUT2D eigenvalue weighted by Gasteiger charge is -2.09. The van der Waals surface area contributed by atoms with Crippen molar-refractivity contribution in [3.05, 3.63) is 88.2 Å². The summed E-state index contributed by atoms with van der Waals surface area (Å²) in [5.41, 5.74) is 2.97. The first-order valence-electron chi connectivity index (χ1n) is 9.58. The second-order valence-corrected chi connectivity index (χ2v) is 7.39. The first-order chi connectivity index (χ1) is 15.9. The molecule has 2 N–H and O–H groups in total. The number of rotatable bonds is 9. The quantitative estimate of drug-likeness (QED) is 0.337. The van der Waals surface area contributed by atoms with Gasteiger partial charge in [-0.05, 0) is 54.1 Å². The summed E-state index contributed by atoms with van der Waals surface area (Å²) in [6, 6.07) is 17.2. The van der Waals surface area contributed by atoms with E-state index in [-0.39, 0.29) is 29.7 Å². The van der Waals surface area contributed by atoms with Crippen LogP contribution in [-0.4, -0.2) is 31.2 Å². The van der Waals surface area contributed by atoms with E-state index in [4.69, 9.17) is 32.7 Å². The Morgan fingerprint density at radius 3 is 2.48 bits per heavy atom. The first kappa shape index (κ1) is 24.0. The Morgan fingerprint density at radius 1 is 0.939 bits per heavy atom. The highest BCUT2D eigenvalue weighted by Gasteiger charge is 2.09. The molecule has 0 atom stereocenters. The van der Waals surface area contributed by atoms with E-state index in [9.17, 15) is 14.0 Å².